The summed E-state index contributed by atoms with van der Waals surface area (Å²) in [5.74, 6) is 0.659. The van der Waals surface area contributed by atoms with Crippen LogP contribution in [-0.4, -0.2) is 10.5 Å². The zero-order valence-electron chi connectivity index (χ0n) is 7.27. The van der Waals surface area contributed by atoms with Gasteiger partial charge in [-0.05, 0) is 11.5 Å². The fourth-order valence-corrected chi connectivity index (χ4v) is 0.838. The van der Waals surface area contributed by atoms with Crippen LogP contribution in [0.3, 0.4) is 0 Å². The second-order valence-corrected chi connectivity index (χ2v) is 2.65. The van der Waals surface area contributed by atoms with Crippen molar-refractivity contribution in [1.82, 2.24) is 0 Å². The molecular formula is C9H14O3. The Morgan fingerprint density at radius 2 is 1.50 bits per heavy atom. The van der Waals surface area contributed by atoms with Gasteiger partial charge in [-0.1, -0.05) is 49.2 Å². The van der Waals surface area contributed by atoms with Gasteiger partial charge >= 0.3 is 0 Å². The quantitative estimate of drug-likeness (QED) is 0.503. The maximum absolute atomic E-state index is 6.62. The fraction of sp³-hybridized carbons (Fsp3) is 0.333. The Kier molecular flexibility index (Phi) is 6.28. The van der Waals surface area contributed by atoms with E-state index < -0.39 is 0 Å². The average Bonchev–Trinajstić information content (AvgIpc) is 2.07. The molecular weight excluding hydrogens is 156 g/mol. The van der Waals surface area contributed by atoms with E-state index in [1.807, 2.05) is 6.07 Å². The Morgan fingerprint density at radius 1 is 1.08 bits per heavy atom. The van der Waals surface area contributed by atoms with E-state index in [4.69, 9.17) is 10.5 Å². The van der Waals surface area contributed by atoms with Crippen molar-refractivity contribution in [2.24, 2.45) is 0 Å². The lowest BCUT2D eigenvalue weighted by atomic mass is 10.0. The van der Waals surface area contributed by atoms with Gasteiger partial charge in [-0.2, -0.15) is 0 Å². The summed E-state index contributed by atoms with van der Waals surface area (Å²) in [6.07, 6.45) is 0. The molecule has 1 rings (SSSR count). The normalized spacial score (nSPS) is 9.08. The van der Waals surface area contributed by atoms with Gasteiger partial charge in [0.05, 0.1) is 0 Å². The third-order valence-electron chi connectivity index (χ3n) is 1.47. The average molecular weight is 170 g/mol. The summed E-state index contributed by atoms with van der Waals surface area (Å²) in [5, 5.41) is 15.5. The highest BCUT2D eigenvalue weighted by Gasteiger charge is 1.93. The Bertz CT molecular complexity index is 184. The Labute approximate surface area is 72.1 Å². The maximum Gasteiger partial charge on any atom is -0.0219 e. The second kappa shape index (κ2) is 6.79. The summed E-state index contributed by atoms with van der Waals surface area (Å²) in [5.41, 5.74) is 1.41. The predicted molar refractivity (Wildman–Crippen MR) is 46.9 cm³/mol. The summed E-state index contributed by atoms with van der Waals surface area (Å²) in [6, 6.07) is 10.5. The molecule has 68 valence electrons. The first-order valence-electron chi connectivity index (χ1n) is 3.72. The molecule has 0 amide bonds. The first kappa shape index (κ1) is 11.1. The molecule has 0 aliphatic rings. The minimum Gasteiger partial charge on any atom is -0.221 e. The SMILES string of the molecule is CC(C)c1ccccc1.OOO. The molecule has 1 aromatic rings. The van der Waals surface area contributed by atoms with Crippen molar-refractivity contribution in [1.29, 1.82) is 0 Å². The van der Waals surface area contributed by atoms with Crippen LogP contribution in [0.5, 0.6) is 0 Å². The summed E-state index contributed by atoms with van der Waals surface area (Å²) in [6.45, 7) is 4.41. The molecule has 0 heterocycles. The second-order valence-electron chi connectivity index (χ2n) is 2.65. The van der Waals surface area contributed by atoms with Gasteiger partial charge in [0.25, 0.3) is 0 Å². The number of benzene rings is 1. The molecule has 0 unspecified atom stereocenters. The summed E-state index contributed by atoms with van der Waals surface area (Å²) >= 11 is 0. The summed E-state index contributed by atoms with van der Waals surface area (Å²) in [7, 11) is 0. The number of hydrogen-bond donors (Lipinski definition) is 2. The number of rotatable bonds is 1. The molecule has 0 aromatic heterocycles. The van der Waals surface area contributed by atoms with Gasteiger partial charge in [0.1, 0.15) is 0 Å². The van der Waals surface area contributed by atoms with Crippen LogP contribution in [0.1, 0.15) is 25.3 Å². The zero-order chi connectivity index (χ0) is 9.40. The Balaban J connectivity index is 0.000000354. The van der Waals surface area contributed by atoms with E-state index in [1.165, 1.54) is 5.56 Å². The van der Waals surface area contributed by atoms with E-state index in [0.29, 0.717) is 5.92 Å². The topological polar surface area (TPSA) is 49.7 Å². The maximum atomic E-state index is 6.62. The minimum absolute atomic E-state index is 0.659. The third kappa shape index (κ3) is 4.85. The van der Waals surface area contributed by atoms with Crippen molar-refractivity contribution in [3.8, 4) is 0 Å². The smallest absolute Gasteiger partial charge is 0.0219 e. The van der Waals surface area contributed by atoms with Crippen molar-refractivity contribution < 1.29 is 15.6 Å². The molecule has 12 heavy (non-hydrogen) atoms. The van der Waals surface area contributed by atoms with E-state index in [1.54, 1.807) is 0 Å². The van der Waals surface area contributed by atoms with Crippen LogP contribution >= 0.6 is 0 Å². The molecule has 2 N–H and O–H groups in total. The molecule has 0 atom stereocenters. The van der Waals surface area contributed by atoms with E-state index in [0.717, 1.165) is 0 Å². The van der Waals surface area contributed by atoms with Crippen LogP contribution in [-0.2, 0) is 5.04 Å². The van der Waals surface area contributed by atoms with Crippen LogP contribution in [0, 0.1) is 0 Å². The van der Waals surface area contributed by atoms with Gasteiger partial charge in [-0.3, -0.25) is 0 Å². The van der Waals surface area contributed by atoms with Gasteiger partial charge < -0.3 is 0 Å². The van der Waals surface area contributed by atoms with E-state index in [-0.39, 0.29) is 0 Å². The summed E-state index contributed by atoms with van der Waals surface area (Å²) < 4.78 is 0. The molecule has 3 heteroatoms. The van der Waals surface area contributed by atoms with Gasteiger partial charge in [0.2, 0.25) is 0 Å². The zero-order valence-corrected chi connectivity index (χ0v) is 7.27. The third-order valence-corrected chi connectivity index (χ3v) is 1.47. The molecule has 0 radical (unpaired) electrons. The Morgan fingerprint density at radius 3 is 1.75 bits per heavy atom. The van der Waals surface area contributed by atoms with Crippen LogP contribution in [0.4, 0.5) is 0 Å². The molecule has 0 spiro atoms. The predicted octanol–water partition coefficient (Wildman–Crippen LogP) is 2.76. The molecule has 0 aliphatic heterocycles. The lowest BCUT2D eigenvalue weighted by Gasteiger charge is -2.01. The van der Waals surface area contributed by atoms with E-state index >= 15 is 0 Å². The van der Waals surface area contributed by atoms with Crippen LogP contribution in [0.15, 0.2) is 30.3 Å². The first-order valence-corrected chi connectivity index (χ1v) is 3.72. The van der Waals surface area contributed by atoms with Crippen molar-refractivity contribution in [3.05, 3.63) is 35.9 Å². The molecule has 1 aromatic carbocycles. The first-order chi connectivity index (χ1) is 5.72. The van der Waals surface area contributed by atoms with Crippen LogP contribution < -0.4 is 0 Å². The highest BCUT2D eigenvalue weighted by molar-refractivity contribution is 5.17. The standard InChI is InChI=1S/C9H12.H2O3/c1-8(2)9-6-4-3-5-7-9;1-3-2/h3-8H,1-2H3;1-2H. The fourth-order valence-electron chi connectivity index (χ4n) is 0.838. The van der Waals surface area contributed by atoms with E-state index in [9.17, 15) is 0 Å². The summed E-state index contributed by atoms with van der Waals surface area (Å²) in [4.78, 5) is 0. The van der Waals surface area contributed by atoms with Crippen molar-refractivity contribution >= 4 is 0 Å². The largest absolute Gasteiger partial charge is 0.221 e. The molecule has 0 aliphatic carbocycles. The monoisotopic (exact) mass is 170 g/mol. The number of hydrogen-bond acceptors (Lipinski definition) is 3. The van der Waals surface area contributed by atoms with Gasteiger partial charge in [-0.25, -0.2) is 10.5 Å². The Hall–Kier alpha value is -0.900. The van der Waals surface area contributed by atoms with Crippen LogP contribution in [0.25, 0.3) is 0 Å². The lowest BCUT2D eigenvalue weighted by Crippen LogP contribution is -1.83. The molecule has 0 bridgehead atoms. The molecule has 0 saturated heterocycles. The minimum atomic E-state index is 0.659. The highest BCUT2D eigenvalue weighted by atomic mass is 17.4. The lowest BCUT2D eigenvalue weighted by molar-refractivity contribution is -0.465. The van der Waals surface area contributed by atoms with Gasteiger partial charge in [0, 0.05) is 0 Å². The van der Waals surface area contributed by atoms with Crippen molar-refractivity contribution in [2.45, 2.75) is 19.8 Å². The highest BCUT2D eigenvalue weighted by Crippen LogP contribution is 2.11. The van der Waals surface area contributed by atoms with E-state index in [2.05, 4.69) is 43.2 Å². The van der Waals surface area contributed by atoms with Crippen LogP contribution in [0.2, 0.25) is 0 Å². The van der Waals surface area contributed by atoms with Crippen molar-refractivity contribution in [2.75, 3.05) is 0 Å². The van der Waals surface area contributed by atoms with Gasteiger partial charge in [0.15, 0.2) is 0 Å². The van der Waals surface area contributed by atoms with Crippen molar-refractivity contribution in [3.63, 3.8) is 0 Å². The molecule has 0 fully saturated rings. The molecule has 0 saturated carbocycles. The van der Waals surface area contributed by atoms with Gasteiger partial charge in [-0.15, -0.1) is 0 Å². The molecule has 3 nitrogen and oxygen atoms in total.